The highest BCUT2D eigenvalue weighted by molar-refractivity contribution is 7.09. The number of carbonyl (C=O) groups excluding carboxylic acids is 1. The molecule has 0 aliphatic carbocycles. The monoisotopic (exact) mass is 341 g/mol. The van der Waals surface area contributed by atoms with Crippen molar-refractivity contribution in [3.05, 3.63) is 52.0 Å². The van der Waals surface area contributed by atoms with E-state index in [2.05, 4.69) is 39.5 Å². The second-order valence-corrected chi connectivity index (χ2v) is 8.19. The van der Waals surface area contributed by atoms with Gasteiger partial charge >= 0.3 is 0 Å². The van der Waals surface area contributed by atoms with Gasteiger partial charge in [-0.15, -0.1) is 11.3 Å². The third-order valence-electron chi connectivity index (χ3n) is 5.53. The van der Waals surface area contributed by atoms with Gasteiger partial charge in [-0.05, 0) is 18.9 Å². The molecule has 0 radical (unpaired) electrons. The Morgan fingerprint density at radius 1 is 1.33 bits per heavy atom. The number of aromatic nitrogens is 1. The number of nitrogens with zero attached hydrogens (tertiary/aromatic N) is 3. The molecule has 4 nitrogen and oxygen atoms in total. The molecule has 1 aromatic heterocycles. The molecule has 5 heteroatoms. The Morgan fingerprint density at radius 3 is 2.75 bits per heavy atom. The fourth-order valence-electron chi connectivity index (χ4n) is 4.37. The predicted molar refractivity (Wildman–Crippen MR) is 96.0 cm³/mol. The lowest BCUT2D eigenvalue weighted by molar-refractivity contribution is -0.135. The van der Waals surface area contributed by atoms with Crippen molar-refractivity contribution < 1.29 is 4.79 Å². The van der Waals surface area contributed by atoms with E-state index >= 15 is 0 Å². The smallest absolute Gasteiger partial charge is 0.230 e. The summed E-state index contributed by atoms with van der Waals surface area (Å²) in [5.74, 6) is 0.587. The molecule has 126 valence electrons. The van der Waals surface area contributed by atoms with E-state index in [9.17, 15) is 4.79 Å². The van der Waals surface area contributed by atoms with E-state index in [0.717, 1.165) is 43.3 Å². The molecule has 0 N–H and O–H groups in total. The lowest BCUT2D eigenvalue weighted by atomic mass is 9.73. The number of hydrogen-bond acceptors (Lipinski definition) is 4. The summed E-state index contributed by atoms with van der Waals surface area (Å²) in [5, 5.41) is 3.25. The Labute approximate surface area is 147 Å². The normalized spacial score (nSPS) is 27.5. The van der Waals surface area contributed by atoms with E-state index in [4.69, 9.17) is 0 Å². The second kappa shape index (κ2) is 5.97. The molecular weight excluding hydrogens is 318 g/mol. The highest BCUT2D eigenvalue weighted by Crippen LogP contribution is 2.49. The van der Waals surface area contributed by atoms with Gasteiger partial charge in [-0.3, -0.25) is 9.69 Å². The van der Waals surface area contributed by atoms with Crippen LogP contribution in [0.2, 0.25) is 0 Å². The molecule has 1 amide bonds. The third kappa shape index (κ3) is 2.56. The van der Waals surface area contributed by atoms with Crippen molar-refractivity contribution in [3.63, 3.8) is 0 Å². The van der Waals surface area contributed by atoms with E-state index in [1.165, 1.54) is 5.56 Å². The summed E-state index contributed by atoms with van der Waals surface area (Å²) in [5.41, 5.74) is 2.15. The van der Waals surface area contributed by atoms with Gasteiger partial charge in [0.05, 0.1) is 16.1 Å². The first-order valence-corrected chi connectivity index (χ1v) is 9.40. The van der Waals surface area contributed by atoms with E-state index in [0.29, 0.717) is 5.91 Å². The molecule has 0 saturated carbocycles. The zero-order valence-corrected chi connectivity index (χ0v) is 15.1. The van der Waals surface area contributed by atoms with Gasteiger partial charge < -0.3 is 4.90 Å². The summed E-state index contributed by atoms with van der Waals surface area (Å²) in [7, 11) is 1.94. The summed E-state index contributed by atoms with van der Waals surface area (Å²) in [4.78, 5) is 21.9. The van der Waals surface area contributed by atoms with E-state index in [1.54, 1.807) is 11.3 Å². The van der Waals surface area contributed by atoms with Gasteiger partial charge in [-0.2, -0.15) is 0 Å². The fourth-order valence-corrected chi connectivity index (χ4v) is 4.98. The zero-order chi connectivity index (χ0) is 16.7. The van der Waals surface area contributed by atoms with Crippen LogP contribution in [0.3, 0.4) is 0 Å². The lowest BCUT2D eigenvalue weighted by Crippen LogP contribution is -2.38. The molecule has 0 unspecified atom stereocenters. The zero-order valence-electron chi connectivity index (χ0n) is 14.2. The molecule has 2 saturated heterocycles. The third-order valence-corrected chi connectivity index (χ3v) is 6.36. The summed E-state index contributed by atoms with van der Waals surface area (Å²) < 4.78 is 0. The molecule has 3 heterocycles. The van der Waals surface area contributed by atoms with Gasteiger partial charge in [0.15, 0.2) is 0 Å². The lowest BCUT2D eigenvalue weighted by Gasteiger charge is -2.28. The van der Waals surface area contributed by atoms with Crippen molar-refractivity contribution in [3.8, 4) is 0 Å². The summed E-state index contributed by atoms with van der Waals surface area (Å²) >= 11 is 1.70. The van der Waals surface area contributed by atoms with Crippen LogP contribution >= 0.6 is 11.3 Å². The number of carbonyl (C=O) groups is 1. The number of amides is 1. The molecule has 1 spiro atoms. The van der Waals surface area contributed by atoms with Crippen LogP contribution in [-0.4, -0.2) is 47.4 Å². The highest BCUT2D eigenvalue weighted by atomic mass is 32.1. The maximum absolute atomic E-state index is 13.0. The van der Waals surface area contributed by atoms with Crippen LogP contribution in [0.15, 0.2) is 35.7 Å². The number of hydrogen-bond donors (Lipinski definition) is 0. The average Bonchev–Trinajstić information content (AvgIpc) is 3.24. The van der Waals surface area contributed by atoms with Crippen molar-refractivity contribution in [2.24, 2.45) is 5.41 Å². The molecule has 4 rings (SSSR count). The van der Waals surface area contributed by atoms with Crippen LogP contribution in [-0.2, 0) is 11.3 Å². The molecular formula is C19H23N3OS. The van der Waals surface area contributed by atoms with Crippen molar-refractivity contribution in [1.29, 1.82) is 0 Å². The second-order valence-electron chi connectivity index (χ2n) is 7.12. The van der Waals surface area contributed by atoms with Gasteiger partial charge in [0.25, 0.3) is 0 Å². The van der Waals surface area contributed by atoms with Crippen molar-refractivity contribution in [1.82, 2.24) is 14.8 Å². The average molecular weight is 341 g/mol. The Balaban J connectivity index is 1.64. The summed E-state index contributed by atoms with van der Waals surface area (Å²) in [6, 6.07) is 10.6. The number of thiazole rings is 1. The fraction of sp³-hybridized carbons (Fsp3) is 0.474. The molecule has 2 aromatic rings. The van der Waals surface area contributed by atoms with Crippen molar-refractivity contribution in [2.75, 3.05) is 26.7 Å². The van der Waals surface area contributed by atoms with Gasteiger partial charge in [0.1, 0.15) is 0 Å². The Kier molecular flexibility index (Phi) is 3.93. The first-order chi connectivity index (χ1) is 11.6. The van der Waals surface area contributed by atoms with Crippen LogP contribution in [0, 0.1) is 12.3 Å². The Morgan fingerprint density at radius 2 is 2.12 bits per heavy atom. The maximum Gasteiger partial charge on any atom is 0.230 e. The number of benzene rings is 1. The predicted octanol–water partition coefficient (Wildman–Crippen LogP) is 2.90. The molecule has 2 fully saturated rings. The summed E-state index contributed by atoms with van der Waals surface area (Å²) in [6.07, 6.45) is 0.953. The molecule has 2 atom stereocenters. The number of likely N-dealkylation sites (tertiary alicyclic amines) is 2. The van der Waals surface area contributed by atoms with E-state index in [-0.39, 0.29) is 11.3 Å². The van der Waals surface area contributed by atoms with Gasteiger partial charge in [0, 0.05) is 44.5 Å². The number of aryl methyl sites for hydroxylation is 1. The highest BCUT2D eigenvalue weighted by Gasteiger charge is 2.56. The first kappa shape index (κ1) is 15.8. The first-order valence-electron chi connectivity index (χ1n) is 8.52. The van der Waals surface area contributed by atoms with Crippen LogP contribution < -0.4 is 0 Å². The topological polar surface area (TPSA) is 36.4 Å². The standard InChI is InChI=1S/C19H23N3OS/c1-14-20-16(12-24-14)10-22-11-17(15-6-4-3-5-7-15)19(13-22)8-9-21(2)18(19)23/h3-7,12,17H,8-11,13H2,1-2H3/t17-,19+/m1/s1. The maximum atomic E-state index is 13.0. The van der Waals surface area contributed by atoms with Crippen molar-refractivity contribution in [2.45, 2.75) is 25.8 Å². The molecule has 2 aliphatic heterocycles. The number of rotatable bonds is 3. The Bertz CT molecular complexity index is 744. The Hall–Kier alpha value is -1.72. The van der Waals surface area contributed by atoms with E-state index < -0.39 is 0 Å². The van der Waals surface area contributed by atoms with Crippen LogP contribution in [0.25, 0.3) is 0 Å². The molecule has 2 aliphatic rings. The minimum Gasteiger partial charge on any atom is -0.345 e. The minimum absolute atomic E-state index is 0.263. The quantitative estimate of drug-likeness (QED) is 0.861. The van der Waals surface area contributed by atoms with E-state index in [1.807, 2.05) is 24.9 Å². The van der Waals surface area contributed by atoms with Crippen LogP contribution in [0.1, 0.15) is 28.6 Å². The van der Waals surface area contributed by atoms with Gasteiger partial charge in [-0.25, -0.2) is 4.98 Å². The van der Waals surface area contributed by atoms with Crippen LogP contribution in [0.5, 0.6) is 0 Å². The molecule has 1 aromatic carbocycles. The van der Waals surface area contributed by atoms with Crippen LogP contribution in [0.4, 0.5) is 0 Å². The molecule has 0 bridgehead atoms. The SMILES string of the molecule is Cc1nc(CN2C[C@H](c3ccccc3)[C@]3(CCN(C)C3=O)C2)cs1. The van der Waals surface area contributed by atoms with Crippen molar-refractivity contribution >= 4 is 17.2 Å². The van der Waals surface area contributed by atoms with Gasteiger partial charge in [0.2, 0.25) is 5.91 Å². The largest absolute Gasteiger partial charge is 0.345 e. The van der Waals surface area contributed by atoms with Gasteiger partial charge in [-0.1, -0.05) is 30.3 Å². The molecule has 24 heavy (non-hydrogen) atoms. The summed E-state index contributed by atoms with van der Waals surface area (Å²) in [6.45, 7) is 5.52. The minimum atomic E-state index is -0.263.